The second-order valence-electron chi connectivity index (χ2n) is 24.7. The first-order valence-electron chi connectivity index (χ1n) is 31.0. The van der Waals surface area contributed by atoms with Crippen LogP contribution in [0.4, 0.5) is 0 Å². The van der Waals surface area contributed by atoms with E-state index >= 15 is 0 Å². The number of nitrogens with zero attached hydrogens (tertiary/aromatic N) is 6. The number of benzene rings is 1. The van der Waals surface area contributed by atoms with Gasteiger partial charge in [-0.25, -0.2) is 9.86 Å². The molecule has 8 amide bonds. The van der Waals surface area contributed by atoms with Crippen molar-refractivity contribution in [1.29, 1.82) is 0 Å². The smallest absolute Gasteiger partial charge is 0.333 e. The van der Waals surface area contributed by atoms with Crippen LogP contribution < -0.4 is 10.6 Å². The molecule has 5 aliphatic rings. The third kappa shape index (κ3) is 17.4. The zero-order chi connectivity index (χ0) is 62.3. The Morgan fingerprint density at radius 3 is 1.99 bits per heavy atom. The average molecular weight is 1190 g/mol. The van der Waals surface area contributed by atoms with Gasteiger partial charge in [0, 0.05) is 97.3 Å². The van der Waals surface area contributed by atoms with Crippen LogP contribution in [0.3, 0.4) is 0 Å². The van der Waals surface area contributed by atoms with Crippen molar-refractivity contribution < 1.29 is 71.8 Å². The number of hydrogen-bond acceptors (Lipinski definition) is 17. The van der Waals surface area contributed by atoms with Crippen LogP contribution in [0, 0.1) is 23.7 Å². The van der Waals surface area contributed by atoms with Crippen molar-refractivity contribution in [3.63, 3.8) is 0 Å². The summed E-state index contributed by atoms with van der Waals surface area (Å²) in [6.45, 7) is 15.9. The molecule has 23 nitrogen and oxygen atoms in total. The van der Waals surface area contributed by atoms with E-state index in [0.717, 1.165) is 18.4 Å². The molecule has 0 radical (unpaired) electrons. The molecule has 2 N–H and O–H groups in total. The number of likely N-dealkylation sites (N-methyl/N-ethyl adjacent to an activating group) is 2. The maximum absolute atomic E-state index is 14.7. The lowest BCUT2D eigenvalue weighted by Gasteiger charge is -2.43. The van der Waals surface area contributed by atoms with E-state index in [4.69, 9.17) is 23.9 Å². The van der Waals surface area contributed by atoms with Crippen molar-refractivity contribution in [1.82, 2.24) is 40.4 Å². The Balaban J connectivity index is 0.996. The zero-order valence-corrected chi connectivity index (χ0v) is 52.2. The predicted molar refractivity (Wildman–Crippen MR) is 312 cm³/mol. The summed E-state index contributed by atoms with van der Waals surface area (Å²) in [5.74, 6) is -5.69. The highest BCUT2D eigenvalue weighted by Gasteiger charge is 2.64. The molecule has 23 heteroatoms. The van der Waals surface area contributed by atoms with Crippen molar-refractivity contribution in [3.05, 3.63) is 35.9 Å². The number of ether oxygens (including phenoxy) is 3. The number of carbonyl (C=O) groups is 10. The predicted octanol–water partition coefficient (Wildman–Crippen LogP) is 4.69. The van der Waals surface area contributed by atoms with Crippen LogP contribution in [-0.4, -0.2) is 205 Å². The zero-order valence-electron chi connectivity index (χ0n) is 52.2. The largest absolute Gasteiger partial charge is 0.462 e. The minimum absolute atomic E-state index is 0.00376. The van der Waals surface area contributed by atoms with Gasteiger partial charge in [-0.3, -0.25) is 63.1 Å². The highest BCUT2D eigenvalue weighted by Crippen LogP contribution is 2.53. The van der Waals surface area contributed by atoms with Gasteiger partial charge in [0.15, 0.2) is 0 Å². The SMILES string of the molecule is CC[C@H](C)[C@@H]([C@@H](CC(=O)N1CCC[C@H]1[C@H](OC)[C@@H](C)C(=O)N[C@@]1(C(=O)N2CCCCO2)C[C@@H]1c1ccccc1)OC)N(C)[C@H](C(=O)NC(=O)[C@H](C(C)C)N(C)CCCC(=O)OC1CCN(C(=O)CCCC(=O)ON2C(=O)CCC2=O)CC1)C(C)C. The van der Waals surface area contributed by atoms with Crippen molar-refractivity contribution in [3.8, 4) is 0 Å². The summed E-state index contributed by atoms with van der Waals surface area (Å²) < 4.78 is 18.1. The molecule has 85 heavy (non-hydrogen) atoms. The van der Waals surface area contributed by atoms with Gasteiger partial charge < -0.3 is 34.2 Å². The minimum atomic E-state index is -1.17. The summed E-state index contributed by atoms with van der Waals surface area (Å²) in [5.41, 5.74) is -0.220. The quantitative estimate of drug-likeness (QED) is 0.0782. The molecule has 0 aromatic heterocycles. The molecule has 1 aliphatic carbocycles. The van der Waals surface area contributed by atoms with Crippen molar-refractivity contribution in [2.75, 3.05) is 67.6 Å². The molecule has 4 heterocycles. The van der Waals surface area contributed by atoms with Gasteiger partial charge in [-0.1, -0.05) is 85.2 Å². The van der Waals surface area contributed by atoms with Gasteiger partial charge in [-0.2, -0.15) is 0 Å². The number of imide groups is 2. The number of nitrogens with one attached hydrogen (secondary N) is 2. The van der Waals surface area contributed by atoms with Crippen LogP contribution in [0.2, 0.25) is 0 Å². The maximum atomic E-state index is 14.7. The molecule has 1 aromatic rings. The Bertz CT molecular complexity index is 2470. The van der Waals surface area contributed by atoms with Crippen LogP contribution in [0.5, 0.6) is 0 Å². The summed E-state index contributed by atoms with van der Waals surface area (Å²) in [6.07, 6.45) is 3.86. The van der Waals surface area contributed by atoms with E-state index in [9.17, 15) is 47.9 Å². The fourth-order valence-corrected chi connectivity index (χ4v) is 13.1. The topological polar surface area (TPSA) is 260 Å². The van der Waals surface area contributed by atoms with E-state index in [1.165, 1.54) is 5.06 Å². The number of likely N-dealkylation sites (tertiary alicyclic amines) is 2. The van der Waals surface area contributed by atoms with E-state index in [2.05, 4.69) is 17.6 Å². The number of amides is 8. The third-order valence-electron chi connectivity index (χ3n) is 18.0. The van der Waals surface area contributed by atoms with Crippen LogP contribution in [0.25, 0.3) is 0 Å². The number of hydrogen-bond donors (Lipinski definition) is 2. The standard InChI is InChI=1S/C62H96N8O15/c1-12-41(6)56(47(81-10)37-51(74)68-32-19-23-46(68)57(82-11)42(7)58(77)64-62(61(80)69-33-16-17-36-83-69)38-45(62)43-21-14-13-15-22-43)66(9)55(40(4)5)60(79)63-59(78)54(39(2)3)65(8)31-20-26-52(75)84-44-29-34-67(35-30-44)48(71)24-18-25-53(76)85-70-49(72)27-28-50(70)73/h13-15,21-22,39-42,44-47,54-57H,12,16-20,23-38H2,1-11H3,(H,64,77)(H,63,78,79)/t41-,42+,45+,46-,47+,54-,55-,56-,57+,62-/m0/s1. The number of rotatable bonds is 30. The minimum Gasteiger partial charge on any atom is -0.462 e. The van der Waals surface area contributed by atoms with Crippen molar-refractivity contribution >= 4 is 59.2 Å². The highest BCUT2D eigenvalue weighted by molar-refractivity contribution is 6.02. The normalized spacial score (nSPS) is 22.7. The van der Waals surface area contributed by atoms with E-state index in [-0.39, 0.29) is 98.4 Å². The van der Waals surface area contributed by atoms with Gasteiger partial charge in [0.05, 0.1) is 49.3 Å². The van der Waals surface area contributed by atoms with Gasteiger partial charge in [0.25, 0.3) is 17.7 Å². The van der Waals surface area contributed by atoms with Gasteiger partial charge in [-0.05, 0) is 88.9 Å². The van der Waals surface area contributed by atoms with Gasteiger partial charge in [0.1, 0.15) is 11.6 Å². The van der Waals surface area contributed by atoms with Crippen LogP contribution in [0.1, 0.15) is 163 Å². The number of carbonyl (C=O) groups excluding carboxylic acids is 10. The molecule has 4 saturated heterocycles. The summed E-state index contributed by atoms with van der Waals surface area (Å²) in [5, 5.41) is 7.79. The number of esters is 1. The Morgan fingerprint density at radius 1 is 0.741 bits per heavy atom. The Hall–Kier alpha value is -5.88. The monoisotopic (exact) mass is 1190 g/mol. The van der Waals surface area contributed by atoms with E-state index < -0.39 is 83.4 Å². The summed E-state index contributed by atoms with van der Waals surface area (Å²) in [6, 6.07) is 7.30. The Kier molecular flexibility index (Phi) is 25.4. The van der Waals surface area contributed by atoms with E-state index in [1.54, 1.807) is 38.0 Å². The first kappa shape index (κ1) is 68.2. The van der Waals surface area contributed by atoms with E-state index in [1.807, 2.05) is 81.8 Å². The van der Waals surface area contributed by atoms with Crippen LogP contribution >= 0.6 is 0 Å². The lowest BCUT2D eigenvalue weighted by Crippen LogP contribution is -2.60. The van der Waals surface area contributed by atoms with E-state index in [0.29, 0.717) is 89.3 Å². The fourth-order valence-electron chi connectivity index (χ4n) is 13.1. The van der Waals surface area contributed by atoms with Gasteiger partial charge >= 0.3 is 11.9 Å². The first-order valence-corrected chi connectivity index (χ1v) is 31.0. The number of methoxy groups -OCH3 is 2. The summed E-state index contributed by atoms with van der Waals surface area (Å²) >= 11 is 0. The van der Waals surface area contributed by atoms with Crippen LogP contribution in [-0.2, 0) is 71.8 Å². The average Bonchev–Trinajstić information content (AvgIpc) is 1.63. The van der Waals surface area contributed by atoms with Crippen molar-refractivity contribution in [2.24, 2.45) is 23.7 Å². The molecular weight excluding hydrogens is 1100 g/mol. The van der Waals surface area contributed by atoms with Crippen molar-refractivity contribution in [2.45, 2.75) is 205 Å². The Labute approximate surface area is 502 Å². The molecule has 0 spiro atoms. The maximum Gasteiger partial charge on any atom is 0.333 e. The summed E-state index contributed by atoms with van der Waals surface area (Å²) in [4.78, 5) is 151. The summed E-state index contributed by atoms with van der Waals surface area (Å²) in [7, 11) is 6.73. The second kappa shape index (κ2) is 31.7. The molecule has 474 valence electrons. The number of piperidine rings is 1. The van der Waals surface area contributed by atoms with Crippen LogP contribution in [0.15, 0.2) is 30.3 Å². The Morgan fingerprint density at radius 2 is 1.39 bits per heavy atom. The lowest BCUT2D eigenvalue weighted by molar-refractivity contribution is -0.200. The molecule has 6 rings (SSSR count). The second-order valence-corrected chi connectivity index (χ2v) is 24.7. The molecular formula is C62H96N8O15. The van der Waals surface area contributed by atoms with Gasteiger partial charge in [0.2, 0.25) is 29.5 Å². The molecule has 0 unspecified atom stereocenters. The van der Waals surface area contributed by atoms with Gasteiger partial charge in [-0.15, -0.1) is 5.06 Å². The first-order chi connectivity index (χ1) is 40.5. The molecule has 1 aromatic carbocycles. The third-order valence-corrected chi connectivity index (χ3v) is 18.0. The molecule has 4 aliphatic heterocycles. The number of hydroxylamine groups is 4. The molecule has 0 bridgehead atoms. The fraction of sp³-hybridized carbons (Fsp3) is 0.742. The lowest BCUT2D eigenvalue weighted by atomic mass is 9.87. The molecule has 1 saturated carbocycles. The molecule has 10 atom stereocenters. The molecule has 5 fully saturated rings. The highest BCUT2D eigenvalue weighted by atomic mass is 16.7.